The molecule has 1 unspecified atom stereocenters. The van der Waals surface area contributed by atoms with Crippen molar-refractivity contribution in [3.63, 3.8) is 0 Å². The lowest BCUT2D eigenvalue weighted by Gasteiger charge is -2.26. The average molecular weight is 461 g/mol. The molecule has 0 radical (unpaired) electrons. The molecule has 0 aliphatic carbocycles. The van der Waals surface area contributed by atoms with E-state index < -0.39 is 29.3 Å². The average Bonchev–Trinajstić information content (AvgIpc) is 3.08. The summed E-state index contributed by atoms with van der Waals surface area (Å²) >= 11 is 0. The van der Waals surface area contributed by atoms with Gasteiger partial charge in [0.1, 0.15) is 23.1 Å². The number of halogens is 1. The minimum Gasteiger partial charge on any atom is -0.507 e. The minimum absolute atomic E-state index is 0.0782. The first-order valence-electron chi connectivity index (χ1n) is 10.6. The number of nitrogens with zero attached hydrogens (tertiary/aromatic N) is 1. The quantitative estimate of drug-likeness (QED) is 0.326. The lowest BCUT2D eigenvalue weighted by atomic mass is 9.93. The van der Waals surface area contributed by atoms with E-state index in [4.69, 9.17) is 9.47 Å². The zero-order valence-corrected chi connectivity index (χ0v) is 19.3. The van der Waals surface area contributed by atoms with Crippen LogP contribution >= 0.6 is 0 Å². The second-order valence-electron chi connectivity index (χ2n) is 8.05. The Hall–Kier alpha value is -4.13. The van der Waals surface area contributed by atoms with Gasteiger partial charge in [-0.1, -0.05) is 30.3 Å². The molecule has 0 bridgehead atoms. The van der Waals surface area contributed by atoms with Gasteiger partial charge in [0.2, 0.25) is 0 Å². The van der Waals surface area contributed by atoms with Crippen LogP contribution in [0.3, 0.4) is 0 Å². The number of amides is 1. The predicted octanol–water partition coefficient (Wildman–Crippen LogP) is 5.09. The van der Waals surface area contributed by atoms with Crippen molar-refractivity contribution in [2.75, 3.05) is 19.1 Å². The number of hydrogen-bond donors (Lipinski definition) is 1. The van der Waals surface area contributed by atoms with Crippen molar-refractivity contribution >= 4 is 23.1 Å². The number of aliphatic hydroxyl groups is 1. The molecule has 0 aromatic heterocycles. The molecule has 1 atom stereocenters. The molecule has 34 heavy (non-hydrogen) atoms. The fourth-order valence-corrected chi connectivity index (χ4v) is 4.40. The SMILES string of the molecule is COc1cccc(N2C(=O)C(=O)/C(=C(/O)c3cc(C)cc(C)c3OC)C2c2ccccc2F)c1. The van der Waals surface area contributed by atoms with Crippen molar-refractivity contribution in [2.45, 2.75) is 19.9 Å². The molecule has 3 aromatic rings. The van der Waals surface area contributed by atoms with Gasteiger partial charge in [-0.3, -0.25) is 14.5 Å². The molecule has 7 heteroatoms. The Morgan fingerprint density at radius 2 is 1.71 bits per heavy atom. The van der Waals surface area contributed by atoms with Crippen molar-refractivity contribution in [3.8, 4) is 11.5 Å². The summed E-state index contributed by atoms with van der Waals surface area (Å²) in [7, 11) is 2.94. The summed E-state index contributed by atoms with van der Waals surface area (Å²) in [5, 5.41) is 11.4. The first-order valence-corrected chi connectivity index (χ1v) is 10.6. The number of ether oxygens (including phenoxy) is 2. The van der Waals surface area contributed by atoms with Gasteiger partial charge in [-0.05, 0) is 49.2 Å². The molecule has 0 spiro atoms. The number of aryl methyl sites for hydroxylation is 2. The number of aliphatic hydroxyl groups excluding tert-OH is 1. The highest BCUT2D eigenvalue weighted by Crippen LogP contribution is 2.44. The van der Waals surface area contributed by atoms with Gasteiger partial charge >= 0.3 is 0 Å². The molecule has 1 saturated heterocycles. The van der Waals surface area contributed by atoms with E-state index in [1.54, 1.807) is 36.4 Å². The maximum Gasteiger partial charge on any atom is 0.300 e. The fraction of sp³-hybridized carbons (Fsp3) is 0.185. The van der Waals surface area contributed by atoms with E-state index in [0.717, 1.165) is 11.1 Å². The minimum atomic E-state index is -1.20. The van der Waals surface area contributed by atoms with Crippen LogP contribution in [-0.2, 0) is 9.59 Å². The lowest BCUT2D eigenvalue weighted by molar-refractivity contribution is -0.132. The molecule has 6 nitrogen and oxygen atoms in total. The van der Waals surface area contributed by atoms with E-state index in [9.17, 15) is 14.7 Å². The number of methoxy groups -OCH3 is 2. The Balaban J connectivity index is 2.03. The third-order valence-electron chi connectivity index (χ3n) is 5.85. The van der Waals surface area contributed by atoms with Crippen molar-refractivity contribution < 1.29 is 28.6 Å². The fourth-order valence-electron chi connectivity index (χ4n) is 4.40. The van der Waals surface area contributed by atoms with E-state index in [2.05, 4.69) is 0 Å². The predicted molar refractivity (Wildman–Crippen MR) is 127 cm³/mol. The van der Waals surface area contributed by atoms with Crippen LogP contribution in [0.5, 0.6) is 11.5 Å². The Kier molecular flexibility index (Phi) is 6.11. The van der Waals surface area contributed by atoms with E-state index in [1.165, 1.54) is 37.3 Å². The van der Waals surface area contributed by atoms with Gasteiger partial charge in [0.25, 0.3) is 11.7 Å². The molecule has 0 saturated carbocycles. The third kappa shape index (κ3) is 3.79. The maximum atomic E-state index is 15.0. The highest BCUT2D eigenvalue weighted by molar-refractivity contribution is 6.51. The summed E-state index contributed by atoms with van der Waals surface area (Å²) in [6.07, 6.45) is 0. The number of anilines is 1. The van der Waals surface area contributed by atoms with Gasteiger partial charge in [-0.25, -0.2) is 4.39 Å². The zero-order valence-electron chi connectivity index (χ0n) is 19.3. The van der Waals surface area contributed by atoms with Crippen LogP contribution in [0.4, 0.5) is 10.1 Å². The van der Waals surface area contributed by atoms with Crippen molar-refractivity contribution in [1.29, 1.82) is 0 Å². The van der Waals surface area contributed by atoms with Gasteiger partial charge in [0.05, 0.1) is 31.4 Å². The Labute approximate surface area is 196 Å². The molecule has 174 valence electrons. The smallest absolute Gasteiger partial charge is 0.300 e. The second kappa shape index (κ2) is 9.02. The number of benzene rings is 3. The van der Waals surface area contributed by atoms with Crippen LogP contribution in [0.15, 0.2) is 66.2 Å². The lowest BCUT2D eigenvalue weighted by Crippen LogP contribution is -2.29. The number of ketones is 1. The van der Waals surface area contributed by atoms with E-state index >= 15 is 4.39 Å². The van der Waals surface area contributed by atoms with Crippen molar-refractivity contribution in [3.05, 3.63) is 94.3 Å². The monoisotopic (exact) mass is 461 g/mol. The molecular formula is C27H24FNO5. The maximum absolute atomic E-state index is 15.0. The number of carbonyl (C=O) groups excluding carboxylic acids is 2. The van der Waals surface area contributed by atoms with E-state index in [0.29, 0.717) is 17.2 Å². The Morgan fingerprint density at radius 1 is 0.971 bits per heavy atom. The number of carbonyl (C=O) groups is 2. The Morgan fingerprint density at radius 3 is 2.38 bits per heavy atom. The standard InChI is InChI=1S/C27H24FNO5/c1-15-12-16(2)26(34-4)20(13-15)24(30)22-23(19-10-5-6-11-21(19)28)29(27(32)25(22)31)17-8-7-9-18(14-17)33-3/h5-14,23,30H,1-4H3/b24-22+. The normalized spacial score (nSPS) is 17.2. The van der Waals surface area contributed by atoms with Crippen LogP contribution in [0.1, 0.15) is 28.3 Å². The van der Waals surface area contributed by atoms with Gasteiger partial charge in [-0.2, -0.15) is 0 Å². The topological polar surface area (TPSA) is 76.1 Å². The molecule has 1 aliphatic rings. The van der Waals surface area contributed by atoms with Crippen LogP contribution in [0, 0.1) is 19.7 Å². The molecule has 1 aliphatic heterocycles. The van der Waals surface area contributed by atoms with Gasteiger partial charge in [0, 0.05) is 17.3 Å². The summed E-state index contributed by atoms with van der Waals surface area (Å²) in [6, 6.07) is 14.8. The molecule has 1 fully saturated rings. The number of rotatable bonds is 5. The summed E-state index contributed by atoms with van der Waals surface area (Å²) in [6.45, 7) is 3.65. The van der Waals surface area contributed by atoms with Crippen LogP contribution in [-0.4, -0.2) is 31.0 Å². The molecule has 1 heterocycles. The molecular weight excluding hydrogens is 437 g/mol. The highest BCUT2D eigenvalue weighted by Gasteiger charge is 2.48. The summed E-state index contributed by atoms with van der Waals surface area (Å²) < 4.78 is 25.8. The Bertz CT molecular complexity index is 1330. The number of Topliss-reactive ketones (excluding diaryl/α,β-unsaturated/α-hetero) is 1. The zero-order chi connectivity index (χ0) is 24.6. The van der Waals surface area contributed by atoms with Gasteiger partial charge in [-0.15, -0.1) is 0 Å². The second-order valence-corrected chi connectivity index (χ2v) is 8.05. The third-order valence-corrected chi connectivity index (χ3v) is 5.85. The first-order chi connectivity index (χ1) is 16.3. The summed E-state index contributed by atoms with van der Waals surface area (Å²) in [5.41, 5.74) is 2.01. The number of hydrogen-bond acceptors (Lipinski definition) is 5. The van der Waals surface area contributed by atoms with Gasteiger partial charge in [0.15, 0.2) is 0 Å². The first kappa shape index (κ1) is 23.0. The molecule has 4 rings (SSSR count). The molecule has 1 amide bonds. The molecule has 1 N–H and O–H groups in total. The van der Waals surface area contributed by atoms with Crippen molar-refractivity contribution in [2.24, 2.45) is 0 Å². The van der Waals surface area contributed by atoms with E-state index in [-0.39, 0.29) is 16.7 Å². The van der Waals surface area contributed by atoms with E-state index in [1.807, 2.05) is 19.9 Å². The molecule has 3 aromatic carbocycles. The van der Waals surface area contributed by atoms with Crippen molar-refractivity contribution in [1.82, 2.24) is 0 Å². The van der Waals surface area contributed by atoms with Crippen LogP contribution in [0.25, 0.3) is 5.76 Å². The van der Waals surface area contributed by atoms with Crippen LogP contribution in [0.2, 0.25) is 0 Å². The van der Waals surface area contributed by atoms with Crippen LogP contribution < -0.4 is 14.4 Å². The largest absolute Gasteiger partial charge is 0.507 e. The highest BCUT2D eigenvalue weighted by atomic mass is 19.1. The summed E-state index contributed by atoms with van der Waals surface area (Å²) in [5.74, 6) is -2.02. The summed E-state index contributed by atoms with van der Waals surface area (Å²) in [4.78, 5) is 27.8. The van der Waals surface area contributed by atoms with Gasteiger partial charge < -0.3 is 14.6 Å².